The van der Waals surface area contributed by atoms with Crippen LogP contribution in [0, 0.1) is 5.41 Å². The summed E-state index contributed by atoms with van der Waals surface area (Å²) in [6.45, 7) is 7.46. The van der Waals surface area contributed by atoms with Crippen molar-refractivity contribution in [3.63, 3.8) is 0 Å². The Hall–Kier alpha value is -0.290. The van der Waals surface area contributed by atoms with Crippen LogP contribution >= 0.6 is 0 Å². The highest BCUT2D eigenvalue weighted by atomic mass is 19.4. The Kier molecular flexibility index (Phi) is 6.33. The Morgan fingerprint density at radius 1 is 1.06 bits per heavy atom. The first-order valence-corrected chi connectivity index (χ1v) is 5.56. The van der Waals surface area contributed by atoms with Gasteiger partial charge in [0.05, 0.1) is 6.54 Å². The molecule has 0 aromatic rings. The predicted molar refractivity (Wildman–Crippen MR) is 60.5 cm³/mol. The summed E-state index contributed by atoms with van der Waals surface area (Å²) in [7, 11) is 1.49. The molecule has 0 saturated carbocycles. The van der Waals surface area contributed by atoms with Crippen molar-refractivity contribution in [3.8, 4) is 0 Å². The van der Waals surface area contributed by atoms with Crippen molar-refractivity contribution in [3.05, 3.63) is 0 Å². The Bertz CT molecular complexity index is 185. The van der Waals surface area contributed by atoms with Gasteiger partial charge in [-0.25, -0.2) is 0 Å². The summed E-state index contributed by atoms with van der Waals surface area (Å²) in [5.74, 6) is 0. The molecule has 1 N–H and O–H groups in total. The second kappa shape index (κ2) is 6.45. The Balaban J connectivity index is 3.45. The number of rotatable bonds is 6. The molecule has 0 rings (SSSR count). The minimum absolute atomic E-state index is 0.269. The van der Waals surface area contributed by atoms with E-state index < -0.39 is 12.7 Å². The molecular weight excluding hydrogens is 217 g/mol. The van der Waals surface area contributed by atoms with Crippen LogP contribution in [0.3, 0.4) is 0 Å². The van der Waals surface area contributed by atoms with Crippen molar-refractivity contribution >= 4 is 0 Å². The first-order chi connectivity index (χ1) is 7.10. The molecule has 0 spiro atoms. The highest BCUT2D eigenvalue weighted by Gasteiger charge is 2.28. The number of nitrogens with zero attached hydrogens (tertiary/aromatic N) is 1. The van der Waals surface area contributed by atoms with Gasteiger partial charge in [0.15, 0.2) is 0 Å². The van der Waals surface area contributed by atoms with Crippen LogP contribution in [0.1, 0.15) is 27.2 Å². The number of hydrogen-bond donors (Lipinski definition) is 1. The monoisotopic (exact) mass is 240 g/mol. The summed E-state index contributed by atoms with van der Waals surface area (Å²) in [5, 5.41) is 3.15. The fourth-order valence-corrected chi connectivity index (χ4v) is 1.24. The second-order valence-electron chi connectivity index (χ2n) is 5.41. The quantitative estimate of drug-likeness (QED) is 0.718. The van der Waals surface area contributed by atoms with E-state index in [4.69, 9.17) is 0 Å². The molecule has 0 fully saturated rings. The number of likely N-dealkylation sites (N-methyl/N-ethyl adjacent to an activating group) is 1. The highest BCUT2D eigenvalue weighted by Crippen LogP contribution is 2.17. The number of alkyl halides is 3. The maximum atomic E-state index is 12.0. The van der Waals surface area contributed by atoms with Crippen molar-refractivity contribution < 1.29 is 13.2 Å². The summed E-state index contributed by atoms with van der Waals surface area (Å²) in [5.41, 5.74) is 0.269. The standard InChI is InChI=1S/C11H23F3N2/c1-10(2,3)5-6-15-7-8-16(4)9-11(12,13)14/h15H,5-9H2,1-4H3. The molecule has 0 radical (unpaired) electrons. The maximum Gasteiger partial charge on any atom is 0.401 e. The van der Waals surface area contributed by atoms with Gasteiger partial charge in [-0.1, -0.05) is 20.8 Å². The van der Waals surface area contributed by atoms with Gasteiger partial charge in [0.25, 0.3) is 0 Å². The Morgan fingerprint density at radius 2 is 1.62 bits per heavy atom. The number of nitrogens with one attached hydrogen (secondary N) is 1. The van der Waals surface area contributed by atoms with E-state index in [1.54, 1.807) is 0 Å². The smallest absolute Gasteiger partial charge is 0.315 e. The van der Waals surface area contributed by atoms with E-state index in [-0.39, 0.29) is 5.41 Å². The zero-order valence-corrected chi connectivity index (χ0v) is 10.6. The summed E-state index contributed by atoms with van der Waals surface area (Å²) in [6.07, 6.45) is -3.07. The van der Waals surface area contributed by atoms with Crippen molar-refractivity contribution in [1.82, 2.24) is 10.2 Å². The van der Waals surface area contributed by atoms with Crippen LogP contribution in [0.25, 0.3) is 0 Å². The molecule has 98 valence electrons. The van der Waals surface area contributed by atoms with Gasteiger partial charge in [0.1, 0.15) is 0 Å². The van der Waals surface area contributed by atoms with Crippen molar-refractivity contribution in [1.29, 1.82) is 0 Å². The lowest BCUT2D eigenvalue weighted by molar-refractivity contribution is -0.142. The van der Waals surface area contributed by atoms with Crippen molar-refractivity contribution in [2.75, 3.05) is 33.2 Å². The lowest BCUT2D eigenvalue weighted by Crippen LogP contribution is -2.36. The molecule has 0 bridgehead atoms. The minimum Gasteiger partial charge on any atom is -0.315 e. The third kappa shape index (κ3) is 11.8. The van der Waals surface area contributed by atoms with E-state index in [1.165, 1.54) is 11.9 Å². The zero-order chi connectivity index (χ0) is 12.8. The summed E-state index contributed by atoms with van der Waals surface area (Å²) in [6, 6.07) is 0. The molecule has 0 aromatic carbocycles. The van der Waals surface area contributed by atoms with Gasteiger partial charge in [0.2, 0.25) is 0 Å². The van der Waals surface area contributed by atoms with Crippen LogP contribution in [0.2, 0.25) is 0 Å². The maximum absolute atomic E-state index is 12.0. The van der Waals surface area contributed by atoms with Gasteiger partial charge >= 0.3 is 6.18 Å². The normalized spacial score (nSPS) is 13.5. The van der Waals surface area contributed by atoms with E-state index in [1.807, 2.05) is 0 Å². The van der Waals surface area contributed by atoms with Crippen LogP contribution in [-0.2, 0) is 0 Å². The number of halogens is 3. The lowest BCUT2D eigenvalue weighted by atomic mass is 9.92. The zero-order valence-electron chi connectivity index (χ0n) is 10.6. The molecule has 0 aliphatic heterocycles. The molecule has 0 unspecified atom stereocenters. The fourth-order valence-electron chi connectivity index (χ4n) is 1.24. The van der Waals surface area contributed by atoms with Crippen LogP contribution in [0.4, 0.5) is 13.2 Å². The first kappa shape index (κ1) is 15.7. The molecule has 0 saturated heterocycles. The van der Waals surface area contributed by atoms with Crippen molar-refractivity contribution in [2.45, 2.75) is 33.4 Å². The molecule has 16 heavy (non-hydrogen) atoms. The van der Waals surface area contributed by atoms with Crippen molar-refractivity contribution in [2.24, 2.45) is 5.41 Å². The van der Waals surface area contributed by atoms with Gasteiger partial charge in [-0.3, -0.25) is 4.90 Å². The van der Waals surface area contributed by atoms with Gasteiger partial charge in [-0.2, -0.15) is 13.2 Å². The number of hydrogen-bond acceptors (Lipinski definition) is 2. The van der Waals surface area contributed by atoms with E-state index in [2.05, 4.69) is 26.1 Å². The topological polar surface area (TPSA) is 15.3 Å². The largest absolute Gasteiger partial charge is 0.401 e. The molecule has 0 aliphatic rings. The van der Waals surface area contributed by atoms with Gasteiger partial charge in [0, 0.05) is 13.1 Å². The van der Waals surface area contributed by atoms with Gasteiger partial charge in [-0.15, -0.1) is 0 Å². The van der Waals surface area contributed by atoms with Gasteiger partial charge < -0.3 is 5.32 Å². The van der Waals surface area contributed by atoms with E-state index >= 15 is 0 Å². The van der Waals surface area contributed by atoms with E-state index in [0.29, 0.717) is 13.1 Å². The van der Waals surface area contributed by atoms with Crippen LogP contribution in [0.15, 0.2) is 0 Å². The highest BCUT2D eigenvalue weighted by molar-refractivity contribution is 4.64. The summed E-state index contributed by atoms with van der Waals surface area (Å²) < 4.78 is 35.9. The third-order valence-electron chi connectivity index (χ3n) is 2.17. The van der Waals surface area contributed by atoms with Crippen LogP contribution < -0.4 is 5.32 Å². The van der Waals surface area contributed by atoms with E-state index in [9.17, 15) is 13.2 Å². The van der Waals surface area contributed by atoms with Gasteiger partial charge in [-0.05, 0) is 25.4 Å². The molecule has 0 heterocycles. The van der Waals surface area contributed by atoms with Crippen LogP contribution in [-0.4, -0.2) is 44.3 Å². The molecule has 5 heteroatoms. The molecule has 2 nitrogen and oxygen atoms in total. The molecule has 0 aliphatic carbocycles. The third-order valence-corrected chi connectivity index (χ3v) is 2.17. The fraction of sp³-hybridized carbons (Fsp3) is 1.00. The average molecular weight is 240 g/mol. The molecule has 0 aromatic heterocycles. The SMILES string of the molecule is CN(CCNCCC(C)(C)C)CC(F)(F)F. The predicted octanol–water partition coefficient (Wildman–Crippen LogP) is 2.51. The first-order valence-electron chi connectivity index (χ1n) is 5.56. The minimum atomic E-state index is -4.10. The molecule has 0 amide bonds. The second-order valence-corrected chi connectivity index (χ2v) is 5.41. The average Bonchev–Trinajstić information content (AvgIpc) is 1.97. The Labute approximate surface area is 96.2 Å². The van der Waals surface area contributed by atoms with Crippen LogP contribution in [0.5, 0.6) is 0 Å². The molecular formula is C11H23F3N2. The summed E-state index contributed by atoms with van der Waals surface area (Å²) >= 11 is 0. The Morgan fingerprint density at radius 3 is 2.06 bits per heavy atom. The summed E-state index contributed by atoms with van der Waals surface area (Å²) in [4.78, 5) is 1.28. The lowest BCUT2D eigenvalue weighted by Gasteiger charge is -2.20. The van der Waals surface area contributed by atoms with E-state index in [0.717, 1.165) is 13.0 Å². The molecule has 0 atom stereocenters.